The van der Waals surface area contributed by atoms with Crippen LogP contribution in [0.1, 0.15) is 11.1 Å². The van der Waals surface area contributed by atoms with Crippen LogP contribution in [-0.2, 0) is 9.63 Å². The van der Waals surface area contributed by atoms with Crippen LogP contribution in [0.3, 0.4) is 0 Å². The molecule has 2 rings (SSSR count). The first kappa shape index (κ1) is 15.9. The highest BCUT2D eigenvalue weighted by Gasteiger charge is 2.06. The molecule has 0 aliphatic heterocycles. The lowest BCUT2D eigenvalue weighted by Gasteiger charge is -2.04. The molecular weight excluding hydrogens is 304 g/mol. The van der Waals surface area contributed by atoms with E-state index >= 15 is 0 Å². The summed E-state index contributed by atoms with van der Waals surface area (Å²) in [6.07, 6.45) is 0. The second-order valence-corrected chi connectivity index (χ2v) is 4.98. The summed E-state index contributed by atoms with van der Waals surface area (Å²) in [5.74, 6) is -0.0123. The molecule has 0 aliphatic carbocycles. The molecule has 0 bridgehead atoms. The molecule has 2 aromatic carbocycles. The molecule has 5 nitrogen and oxygen atoms in total. The molecule has 0 unspecified atom stereocenters. The molecule has 0 saturated carbocycles. The summed E-state index contributed by atoms with van der Waals surface area (Å²) in [5, 5.41) is 4.18. The van der Waals surface area contributed by atoms with E-state index in [1.165, 1.54) is 0 Å². The van der Waals surface area contributed by atoms with Crippen molar-refractivity contribution in [1.82, 2.24) is 0 Å². The first-order valence-electron chi connectivity index (χ1n) is 6.53. The van der Waals surface area contributed by atoms with Gasteiger partial charge in [-0.15, -0.1) is 0 Å². The Morgan fingerprint density at radius 2 is 1.77 bits per heavy atom. The monoisotopic (exact) mass is 318 g/mol. The number of nitrogens with two attached hydrogens (primary N) is 1. The van der Waals surface area contributed by atoms with E-state index in [9.17, 15) is 4.79 Å². The van der Waals surface area contributed by atoms with E-state index in [-0.39, 0.29) is 12.4 Å². The Kier molecular flexibility index (Phi) is 5.38. The lowest BCUT2D eigenvalue weighted by molar-refractivity contribution is -0.146. The maximum absolute atomic E-state index is 11.5. The molecule has 0 aliphatic rings. The van der Waals surface area contributed by atoms with E-state index in [1.807, 2.05) is 19.1 Å². The van der Waals surface area contributed by atoms with Crippen LogP contribution in [0.2, 0.25) is 5.02 Å². The zero-order valence-electron chi connectivity index (χ0n) is 12.0. The molecule has 6 heteroatoms. The predicted molar refractivity (Wildman–Crippen MR) is 84.9 cm³/mol. The number of rotatable bonds is 5. The van der Waals surface area contributed by atoms with E-state index in [0.717, 1.165) is 5.56 Å². The van der Waals surface area contributed by atoms with Crippen LogP contribution in [0.25, 0.3) is 0 Å². The van der Waals surface area contributed by atoms with Crippen molar-refractivity contribution in [3.8, 4) is 5.75 Å². The Hall–Kier alpha value is -2.53. The fourth-order valence-corrected chi connectivity index (χ4v) is 1.70. The zero-order valence-corrected chi connectivity index (χ0v) is 12.7. The summed E-state index contributed by atoms with van der Waals surface area (Å²) in [6.45, 7) is 1.69. The number of amidine groups is 1. The van der Waals surface area contributed by atoms with Gasteiger partial charge in [-0.25, -0.2) is 4.79 Å². The average molecular weight is 319 g/mol. The fourth-order valence-electron chi connectivity index (χ4n) is 1.58. The Morgan fingerprint density at radius 1 is 1.14 bits per heavy atom. The van der Waals surface area contributed by atoms with Crippen LogP contribution in [0.15, 0.2) is 53.7 Å². The van der Waals surface area contributed by atoms with E-state index < -0.39 is 5.97 Å². The second kappa shape index (κ2) is 7.47. The number of benzene rings is 2. The number of ether oxygens (including phenoxy) is 1. The average Bonchev–Trinajstić information content (AvgIpc) is 2.52. The van der Waals surface area contributed by atoms with Gasteiger partial charge in [-0.05, 0) is 31.2 Å². The summed E-state index contributed by atoms with van der Waals surface area (Å²) in [7, 11) is 0. The van der Waals surface area contributed by atoms with Crippen molar-refractivity contribution in [3.63, 3.8) is 0 Å². The highest BCUT2D eigenvalue weighted by Crippen LogP contribution is 2.15. The lowest BCUT2D eigenvalue weighted by Crippen LogP contribution is -2.17. The molecule has 0 spiro atoms. The molecule has 22 heavy (non-hydrogen) atoms. The van der Waals surface area contributed by atoms with Crippen LogP contribution >= 0.6 is 11.6 Å². The van der Waals surface area contributed by atoms with Gasteiger partial charge in [0.1, 0.15) is 5.75 Å². The largest absolute Gasteiger partial charge is 0.482 e. The molecule has 0 amide bonds. The molecular formula is C16H15ClN2O3. The number of carbonyl (C=O) groups is 1. The maximum Gasteiger partial charge on any atom is 0.372 e. The van der Waals surface area contributed by atoms with Gasteiger partial charge in [0.15, 0.2) is 12.4 Å². The van der Waals surface area contributed by atoms with Crippen LogP contribution in [-0.4, -0.2) is 18.4 Å². The summed E-state index contributed by atoms with van der Waals surface area (Å²) in [5.41, 5.74) is 7.51. The number of nitrogens with zero attached hydrogens (tertiary/aromatic N) is 1. The number of aryl methyl sites for hydroxylation is 1. The zero-order chi connectivity index (χ0) is 15.9. The van der Waals surface area contributed by atoms with Gasteiger partial charge in [0.05, 0.1) is 0 Å². The first-order valence-corrected chi connectivity index (χ1v) is 6.91. The minimum absolute atomic E-state index is 0.125. The van der Waals surface area contributed by atoms with E-state index in [1.54, 1.807) is 36.4 Å². The van der Waals surface area contributed by atoms with Gasteiger partial charge >= 0.3 is 5.97 Å². The molecule has 0 atom stereocenters. The first-order chi connectivity index (χ1) is 10.5. The quantitative estimate of drug-likeness (QED) is 0.398. The third kappa shape index (κ3) is 4.79. The highest BCUT2D eigenvalue weighted by atomic mass is 35.5. The van der Waals surface area contributed by atoms with Gasteiger partial charge in [-0.3, -0.25) is 0 Å². The maximum atomic E-state index is 11.5. The van der Waals surface area contributed by atoms with Gasteiger partial charge in [0.25, 0.3) is 0 Å². The minimum atomic E-state index is -0.648. The van der Waals surface area contributed by atoms with Crippen LogP contribution in [0.5, 0.6) is 5.75 Å². The Morgan fingerprint density at radius 3 is 2.41 bits per heavy atom. The SMILES string of the molecule is Cc1ccc(/C(N)=N\OC(=O)COc2ccc(Cl)cc2)cc1. The molecule has 0 radical (unpaired) electrons. The summed E-state index contributed by atoms with van der Waals surface area (Å²) in [6, 6.07) is 14.0. The number of hydrogen-bond acceptors (Lipinski definition) is 4. The van der Waals surface area contributed by atoms with Gasteiger partial charge in [0, 0.05) is 10.6 Å². The van der Waals surface area contributed by atoms with Crippen molar-refractivity contribution in [1.29, 1.82) is 0 Å². The normalized spacial score (nSPS) is 11.1. The standard InChI is InChI=1S/C16H15ClN2O3/c1-11-2-4-12(5-3-11)16(18)19-22-15(20)10-21-14-8-6-13(17)7-9-14/h2-9H,10H2,1H3,(H2,18,19). The van der Waals surface area contributed by atoms with E-state index in [4.69, 9.17) is 26.9 Å². The fraction of sp³-hybridized carbons (Fsp3) is 0.125. The Bertz CT molecular complexity index is 667. The summed E-state index contributed by atoms with van der Waals surface area (Å²) < 4.78 is 5.23. The number of halogens is 1. The van der Waals surface area contributed by atoms with Crippen LogP contribution in [0, 0.1) is 6.92 Å². The Labute approximate surface area is 133 Å². The van der Waals surface area contributed by atoms with E-state index in [2.05, 4.69) is 5.16 Å². The number of hydrogen-bond donors (Lipinski definition) is 1. The third-order valence-electron chi connectivity index (χ3n) is 2.76. The molecule has 2 aromatic rings. The topological polar surface area (TPSA) is 73.9 Å². The van der Waals surface area contributed by atoms with Crippen molar-refractivity contribution in [2.24, 2.45) is 10.9 Å². The molecule has 2 N–H and O–H groups in total. The van der Waals surface area contributed by atoms with Crippen molar-refractivity contribution in [2.45, 2.75) is 6.92 Å². The summed E-state index contributed by atoms with van der Waals surface area (Å²) in [4.78, 5) is 16.2. The van der Waals surface area contributed by atoms with Gasteiger partial charge < -0.3 is 15.3 Å². The molecule has 0 aromatic heterocycles. The second-order valence-electron chi connectivity index (χ2n) is 4.55. The van der Waals surface area contributed by atoms with Gasteiger partial charge in [0.2, 0.25) is 0 Å². The number of carbonyl (C=O) groups excluding carboxylic acids is 1. The molecule has 0 saturated heterocycles. The van der Waals surface area contributed by atoms with Crippen LogP contribution < -0.4 is 10.5 Å². The highest BCUT2D eigenvalue weighted by molar-refractivity contribution is 6.30. The summed E-state index contributed by atoms with van der Waals surface area (Å²) >= 11 is 5.75. The third-order valence-corrected chi connectivity index (χ3v) is 3.02. The van der Waals surface area contributed by atoms with Crippen molar-refractivity contribution in [2.75, 3.05) is 6.61 Å². The predicted octanol–water partition coefficient (Wildman–Crippen LogP) is 2.89. The lowest BCUT2D eigenvalue weighted by atomic mass is 10.1. The molecule has 0 fully saturated rings. The van der Waals surface area contributed by atoms with Crippen molar-refractivity contribution in [3.05, 3.63) is 64.7 Å². The van der Waals surface area contributed by atoms with Gasteiger partial charge in [-0.1, -0.05) is 46.6 Å². The number of oxime groups is 1. The minimum Gasteiger partial charge on any atom is -0.482 e. The van der Waals surface area contributed by atoms with Crippen molar-refractivity contribution >= 4 is 23.4 Å². The molecule has 114 valence electrons. The van der Waals surface area contributed by atoms with Crippen LogP contribution in [0.4, 0.5) is 0 Å². The van der Waals surface area contributed by atoms with E-state index in [0.29, 0.717) is 16.3 Å². The van der Waals surface area contributed by atoms with Crippen molar-refractivity contribution < 1.29 is 14.4 Å². The Balaban J connectivity index is 1.85. The smallest absolute Gasteiger partial charge is 0.372 e. The molecule has 0 heterocycles. The van der Waals surface area contributed by atoms with Gasteiger partial charge in [-0.2, -0.15) is 0 Å².